The predicted octanol–water partition coefficient (Wildman–Crippen LogP) is 2.32. The lowest BCUT2D eigenvalue weighted by Gasteiger charge is -2.42. The minimum absolute atomic E-state index is 0.168. The van der Waals surface area contributed by atoms with Gasteiger partial charge in [0, 0.05) is 13.1 Å². The Kier molecular flexibility index (Phi) is 4.00. The van der Waals surface area contributed by atoms with Gasteiger partial charge in [-0.3, -0.25) is 4.79 Å². The van der Waals surface area contributed by atoms with E-state index in [-0.39, 0.29) is 11.3 Å². The molecular weight excluding hydrogens is 224 g/mol. The number of hydrogen-bond donors (Lipinski definition) is 2. The number of carbonyl (C=O) groups is 1. The third-order valence-corrected chi connectivity index (χ3v) is 5.53. The fraction of sp³-hybridized carbons (Fsp3) is 0.933. The zero-order chi connectivity index (χ0) is 13.2. The molecule has 0 aromatic heterocycles. The van der Waals surface area contributed by atoms with Crippen LogP contribution >= 0.6 is 0 Å². The predicted molar refractivity (Wildman–Crippen MR) is 74.3 cm³/mol. The van der Waals surface area contributed by atoms with Crippen LogP contribution in [0.3, 0.4) is 0 Å². The molecule has 1 saturated heterocycles. The molecule has 2 aliphatic rings. The number of hydrogen-bond acceptors (Lipinski definition) is 2. The first-order valence-corrected chi connectivity index (χ1v) is 7.54. The molecular formula is C15H28N2O. The van der Waals surface area contributed by atoms with Gasteiger partial charge in [0.05, 0.1) is 5.41 Å². The van der Waals surface area contributed by atoms with Crippen LogP contribution in [0, 0.1) is 16.7 Å². The van der Waals surface area contributed by atoms with E-state index in [1.165, 1.54) is 25.7 Å². The Morgan fingerprint density at radius 1 is 1.33 bits per heavy atom. The summed E-state index contributed by atoms with van der Waals surface area (Å²) in [6.07, 6.45) is 6.09. The molecule has 1 heterocycles. The van der Waals surface area contributed by atoms with E-state index < -0.39 is 0 Å². The average Bonchev–Trinajstić information content (AvgIpc) is 2.78. The summed E-state index contributed by atoms with van der Waals surface area (Å²) in [7, 11) is 0. The molecule has 2 N–H and O–H groups in total. The smallest absolute Gasteiger partial charge is 0.227 e. The Balaban J connectivity index is 1.94. The van der Waals surface area contributed by atoms with E-state index in [1.54, 1.807) is 0 Å². The summed E-state index contributed by atoms with van der Waals surface area (Å²) in [6.45, 7) is 9.30. The van der Waals surface area contributed by atoms with Crippen LogP contribution in [0.1, 0.15) is 52.9 Å². The summed E-state index contributed by atoms with van der Waals surface area (Å²) in [5.41, 5.74) is 0.249. The van der Waals surface area contributed by atoms with Crippen LogP contribution in [0.2, 0.25) is 0 Å². The van der Waals surface area contributed by atoms with E-state index in [2.05, 4.69) is 31.4 Å². The zero-order valence-corrected chi connectivity index (χ0v) is 12.1. The van der Waals surface area contributed by atoms with Crippen molar-refractivity contribution in [2.45, 2.75) is 52.9 Å². The van der Waals surface area contributed by atoms with Gasteiger partial charge in [-0.25, -0.2) is 0 Å². The van der Waals surface area contributed by atoms with Crippen LogP contribution in [0.5, 0.6) is 0 Å². The van der Waals surface area contributed by atoms with Gasteiger partial charge < -0.3 is 10.6 Å². The molecule has 0 aromatic carbocycles. The molecule has 0 radical (unpaired) electrons. The minimum Gasteiger partial charge on any atom is -0.355 e. The first kappa shape index (κ1) is 13.9. The van der Waals surface area contributed by atoms with Gasteiger partial charge in [-0.15, -0.1) is 0 Å². The lowest BCUT2D eigenvalue weighted by Crippen LogP contribution is -2.50. The fourth-order valence-electron chi connectivity index (χ4n) is 3.44. The molecule has 1 unspecified atom stereocenters. The number of rotatable bonds is 5. The lowest BCUT2D eigenvalue weighted by atomic mass is 9.66. The molecule has 1 amide bonds. The molecule has 1 aliphatic heterocycles. The molecule has 18 heavy (non-hydrogen) atoms. The summed E-state index contributed by atoms with van der Waals surface area (Å²) in [5.74, 6) is 0.689. The van der Waals surface area contributed by atoms with Gasteiger partial charge in [0.25, 0.3) is 0 Å². The maximum Gasteiger partial charge on any atom is 0.227 e. The second-order valence-corrected chi connectivity index (χ2v) is 6.63. The molecule has 1 aliphatic carbocycles. The third kappa shape index (κ3) is 2.29. The Morgan fingerprint density at radius 3 is 2.44 bits per heavy atom. The van der Waals surface area contributed by atoms with Crippen molar-refractivity contribution in [3.05, 3.63) is 0 Å². The molecule has 2 fully saturated rings. The second-order valence-electron chi connectivity index (χ2n) is 6.63. The van der Waals surface area contributed by atoms with Gasteiger partial charge in [-0.1, -0.05) is 27.2 Å². The van der Waals surface area contributed by atoms with E-state index in [0.29, 0.717) is 11.3 Å². The Morgan fingerprint density at radius 2 is 2.06 bits per heavy atom. The van der Waals surface area contributed by atoms with Gasteiger partial charge >= 0.3 is 0 Å². The third-order valence-electron chi connectivity index (χ3n) is 5.53. The first-order valence-electron chi connectivity index (χ1n) is 7.54. The monoisotopic (exact) mass is 252 g/mol. The normalized spacial score (nSPS) is 30.2. The van der Waals surface area contributed by atoms with Crippen molar-refractivity contribution in [3.63, 3.8) is 0 Å². The highest BCUT2D eigenvalue weighted by molar-refractivity contribution is 5.83. The van der Waals surface area contributed by atoms with Gasteiger partial charge in [-0.2, -0.15) is 0 Å². The summed E-state index contributed by atoms with van der Waals surface area (Å²) < 4.78 is 0. The van der Waals surface area contributed by atoms with Crippen LogP contribution in [0.4, 0.5) is 0 Å². The van der Waals surface area contributed by atoms with E-state index in [0.717, 1.165) is 26.1 Å². The molecule has 3 heteroatoms. The summed E-state index contributed by atoms with van der Waals surface area (Å²) in [6, 6.07) is 0. The maximum absolute atomic E-state index is 12.6. The number of amides is 1. The molecule has 1 saturated carbocycles. The SMILES string of the molecule is CCC1(CNC(=O)C2(C(C)C)CCNC2)CCC1. The van der Waals surface area contributed by atoms with Gasteiger partial charge in [0.1, 0.15) is 0 Å². The van der Waals surface area contributed by atoms with Crippen molar-refractivity contribution < 1.29 is 4.79 Å². The largest absolute Gasteiger partial charge is 0.355 e. The molecule has 0 aromatic rings. The average molecular weight is 252 g/mol. The van der Waals surface area contributed by atoms with Crippen LogP contribution in [0.25, 0.3) is 0 Å². The standard InChI is InChI=1S/C15H28N2O/c1-4-14(6-5-7-14)10-17-13(18)15(12(2)3)8-9-16-11-15/h12,16H,4-11H2,1-3H3,(H,17,18). The Labute approximate surface area is 111 Å². The highest BCUT2D eigenvalue weighted by Gasteiger charge is 2.45. The van der Waals surface area contributed by atoms with Crippen LogP contribution < -0.4 is 10.6 Å². The molecule has 0 bridgehead atoms. The summed E-state index contributed by atoms with van der Waals surface area (Å²) in [5, 5.41) is 6.62. The first-order chi connectivity index (χ1) is 8.55. The van der Waals surface area contributed by atoms with Gasteiger partial charge in [0.2, 0.25) is 5.91 Å². The topological polar surface area (TPSA) is 41.1 Å². The number of carbonyl (C=O) groups excluding carboxylic acids is 1. The molecule has 1 atom stereocenters. The summed E-state index contributed by atoms with van der Waals surface area (Å²) >= 11 is 0. The van der Waals surface area contributed by atoms with Crippen molar-refractivity contribution >= 4 is 5.91 Å². The van der Waals surface area contributed by atoms with Crippen molar-refractivity contribution in [1.29, 1.82) is 0 Å². The van der Waals surface area contributed by atoms with E-state index in [4.69, 9.17) is 0 Å². The molecule has 104 valence electrons. The minimum atomic E-state index is -0.168. The Bertz CT molecular complexity index is 296. The van der Waals surface area contributed by atoms with Crippen molar-refractivity contribution in [2.24, 2.45) is 16.7 Å². The van der Waals surface area contributed by atoms with Crippen molar-refractivity contribution in [3.8, 4) is 0 Å². The van der Waals surface area contributed by atoms with Crippen molar-refractivity contribution in [2.75, 3.05) is 19.6 Å². The van der Waals surface area contributed by atoms with Crippen LogP contribution in [-0.2, 0) is 4.79 Å². The van der Waals surface area contributed by atoms with Crippen LogP contribution in [0.15, 0.2) is 0 Å². The van der Waals surface area contributed by atoms with Crippen molar-refractivity contribution in [1.82, 2.24) is 10.6 Å². The molecule has 2 rings (SSSR count). The van der Waals surface area contributed by atoms with Gasteiger partial charge in [0.15, 0.2) is 0 Å². The zero-order valence-electron chi connectivity index (χ0n) is 12.1. The van der Waals surface area contributed by atoms with Crippen LogP contribution in [-0.4, -0.2) is 25.5 Å². The summed E-state index contributed by atoms with van der Waals surface area (Å²) in [4.78, 5) is 12.6. The van der Waals surface area contributed by atoms with E-state index >= 15 is 0 Å². The Hall–Kier alpha value is -0.570. The van der Waals surface area contributed by atoms with E-state index in [9.17, 15) is 4.79 Å². The highest BCUT2D eigenvalue weighted by atomic mass is 16.2. The molecule has 0 spiro atoms. The van der Waals surface area contributed by atoms with Gasteiger partial charge in [-0.05, 0) is 43.6 Å². The molecule has 3 nitrogen and oxygen atoms in total. The quantitative estimate of drug-likeness (QED) is 0.788. The maximum atomic E-state index is 12.6. The highest BCUT2D eigenvalue weighted by Crippen LogP contribution is 2.43. The fourth-order valence-corrected chi connectivity index (χ4v) is 3.44. The second kappa shape index (κ2) is 5.20. The lowest BCUT2D eigenvalue weighted by molar-refractivity contribution is -0.133. The van der Waals surface area contributed by atoms with E-state index in [1.807, 2.05) is 0 Å². The number of nitrogens with one attached hydrogen (secondary N) is 2.